The molecular formula is C29H23ClFN7O3. The fourth-order valence-corrected chi connectivity index (χ4v) is 5.32. The number of aryl methyl sites for hydroxylation is 1. The quantitative estimate of drug-likeness (QED) is 0.257. The Morgan fingerprint density at radius 1 is 1.17 bits per heavy atom. The molecule has 4 N–H and O–H groups in total. The molecule has 2 aromatic carbocycles. The number of pyridine rings is 1. The molecule has 41 heavy (non-hydrogen) atoms. The predicted octanol–water partition coefficient (Wildman–Crippen LogP) is 4.59. The molecule has 1 unspecified atom stereocenters. The van der Waals surface area contributed by atoms with E-state index in [1.807, 2.05) is 0 Å². The Morgan fingerprint density at radius 2 is 1.95 bits per heavy atom. The number of amides is 1. The summed E-state index contributed by atoms with van der Waals surface area (Å²) in [6.45, 7) is 1.79. The summed E-state index contributed by atoms with van der Waals surface area (Å²) in [6.07, 6.45) is 1.89. The van der Waals surface area contributed by atoms with Crippen LogP contribution in [0.25, 0.3) is 22.4 Å². The molecule has 0 radical (unpaired) electrons. The highest BCUT2D eigenvalue weighted by molar-refractivity contribution is 6.31. The third kappa shape index (κ3) is 4.53. The standard InChI is InChI=1S/C29H23ClFN7O3/c1-29(16-7-4-15(5-8-16)6-11-22(39)40)23-25(32)34-27(35-26(23)36-28(29)41)24-18-10-9-17(30)13-21(18)38(37-24)14-20-19(31)3-2-12-33-20/h2-5,7-10,12-13H,6,11,14H2,1H3,(H,39,40)(H3,32,34,35,36,41). The van der Waals surface area contributed by atoms with Gasteiger partial charge in [0.25, 0.3) is 0 Å². The maximum Gasteiger partial charge on any atom is 0.303 e. The minimum atomic E-state index is -1.17. The van der Waals surface area contributed by atoms with E-state index in [0.29, 0.717) is 39.2 Å². The highest BCUT2D eigenvalue weighted by atomic mass is 35.5. The topological polar surface area (TPSA) is 149 Å². The number of hydrogen-bond acceptors (Lipinski definition) is 7. The first-order chi connectivity index (χ1) is 19.6. The highest BCUT2D eigenvalue weighted by Crippen LogP contribution is 2.45. The second-order valence-corrected chi connectivity index (χ2v) is 10.4. The predicted molar refractivity (Wildman–Crippen MR) is 151 cm³/mol. The number of carbonyl (C=O) groups is 2. The third-order valence-corrected chi connectivity index (χ3v) is 7.58. The van der Waals surface area contributed by atoms with Crippen molar-refractivity contribution in [2.45, 2.75) is 31.7 Å². The van der Waals surface area contributed by atoms with Gasteiger partial charge in [-0.1, -0.05) is 35.9 Å². The fourth-order valence-electron chi connectivity index (χ4n) is 5.15. The molecule has 10 nitrogen and oxygen atoms in total. The van der Waals surface area contributed by atoms with Crippen molar-refractivity contribution in [3.63, 3.8) is 0 Å². The molecule has 0 saturated heterocycles. The summed E-state index contributed by atoms with van der Waals surface area (Å²) in [4.78, 5) is 37.6. The number of aliphatic carboxylic acids is 1. The minimum Gasteiger partial charge on any atom is -0.481 e. The van der Waals surface area contributed by atoms with Crippen LogP contribution < -0.4 is 11.1 Å². The number of nitrogens with one attached hydrogen (secondary N) is 1. The van der Waals surface area contributed by atoms with Crippen molar-refractivity contribution >= 4 is 46.0 Å². The molecule has 0 aliphatic carbocycles. The Labute approximate surface area is 238 Å². The molecule has 4 heterocycles. The van der Waals surface area contributed by atoms with Gasteiger partial charge >= 0.3 is 5.97 Å². The van der Waals surface area contributed by atoms with Crippen molar-refractivity contribution in [1.29, 1.82) is 0 Å². The van der Waals surface area contributed by atoms with E-state index in [0.717, 1.165) is 5.56 Å². The summed E-state index contributed by atoms with van der Waals surface area (Å²) in [6, 6.07) is 15.2. The second-order valence-electron chi connectivity index (χ2n) is 9.93. The van der Waals surface area contributed by atoms with Gasteiger partial charge in [-0.3, -0.25) is 19.3 Å². The number of carbonyl (C=O) groups excluding carboxylic acids is 1. The molecule has 1 aliphatic rings. The second kappa shape index (κ2) is 9.93. The van der Waals surface area contributed by atoms with Crippen molar-refractivity contribution in [1.82, 2.24) is 24.7 Å². The number of nitrogen functional groups attached to an aromatic ring is 1. The Hall–Kier alpha value is -4.90. The van der Waals surface area contributed by atoms with Crippen LogP contribution in [0.3, 0.4) is 0 Å². The van der Waals surface area contributed by atoms with E-state index >= 15 is 0 Å². The van der Waals surface area contributed by atoms with Crippen LogP contribution in [0.1, 0.15) is 35.7 Å². The molecule has 6 rings (SSSR count). The molecule has 5 aromatic rings. The summed E-state index contributed by atoms with van der Waals surface area (Å²) >= 11 is 6.27. The number of aromatic nitrogens is 5. The zero-order chi connectivity index (χ0) is 28.9. The summed E-state index contributed by atoms with van der Waals surface area (Å²) in [7, 11) is 0. The number of halogens is 2. The van der Waals surface area contributed by atoms with E-state index in [1.165, 1.54) is 18.3 Å². The van der Waals surface area contributed by atoms with E-state index in [9.17, 15) is 14.0 Å². The van der Waals surface area contributed by atoms with Crippen LogP contribution in [0, 0.1) is 5.82 Å². The molecule has 1 atom stereocenters. The lowest BCUT2D eigenvalue weighted by molar-refractivity contribution is -0.137. The zero-order valence-corrected chi connectivity index (χ0v) is 22.5. The number of nitrogens with two attached hydrogens (primary N) is 1. The number of fused-ring (bicyclic) bond motifs is 2. The lowest BCUT2D eigenvalue weighted by Crippen LogP contribution is -2.33. The third-order valence-electron chi connectivity index (χ3n) is 7.34. The summed E-state index contributed by atoms with van der Waals surface area (Å²) in [5.41, 5.74) is 8.47. The van der Waals surface area contributed by atoms with E-state index in [2.05, 4.69) is 25.4 Å². The molecule has 1 aliphatic heterocycles. The molecule has 12 heteroatoms. The maximum absolute atomic E-state index is 14.4. The Kier molecular flexibility index (Phi) is 6.38. The van der Waals surface area contributed by atoms with Crippen LogP contribution in [-0.4, -0.2) is 41.7 Å². The van der Waals surface area contributed by atoms with Gasteiger partial charge in [0, 0.05) is 23.0 Å². The number of hydrogen-bond donors (Lipinski definition) is 3. The summed E-state index contributed by atoms with van der Waals surface area (Å²) < 4.78 is 16.0. The van der Waals surface area contributed by atoms with Crippen molar-refractivity contribution in [2.24, 2.45) is 0 Å². The molecule has 0 bridgehead atoms. The number of benzene rings is 2. The first kappa shape index (κ1) is 26.3. The van der Waals surface area contributed by atoms with Crippen LogP contribution in [0.4, 0.5) is 16.0 Å². The molecule has 3 aromatic heterocycles. The Bertz CT molecular complexity index is 1860. The minimum absolute atomic E-state index is 0.0109. The van der Waals surface area contributed by atoms with E-state index in [-0.39, 0.29) is 42.0 Å². The van der Waals surface area contributed by atoms with Gasteiger partial charge in [0.2, 0.25) is 5.91 Å². The fraction of sp³-hybridized carbons (Fsp3) is 0.172. The van der Waals surface area contributed by atoms with Crippen LogP contribution in [0.2, 0.25) is 5.02 Å². The van der Waals surface area contributed by atoms with Crippen LogP contribution in [-0.2, 0) is 28.0 Å². The van der Waals surface area contributed by atoms with Crippen LogP contribution in [0.5, 0.6) is 0 Å². The van der Waals surface area contributed by atoms with E-state index < -0.39 is 17.2 Å². The van der Waals surface area contributed by atoms with Gasteiger partial charge in [0.05, 0.1) is 23.3 Å². The largest absolute Gasteiger partial charge is 0.481 e. The van der Waals surface area contributed by atoms with Crippen molar-refractivity contribution < 1.29 is 19.1 Å². The van der Waals surface area contributed by atoms with E-state index in [1.54, 1.807) is 54.1 Å². The van der Waals surface area contributed by atoms with Gasteiger partial charge in [-0.05, 0) is 54.8 Å². The van der Waals surface area contributed by atoms with Crippen molar-refractivity contribution in [3.05, 3.63) is 94.0 Å². The molecule has 0 spiro atoms. The van der Waals surface area contributed by atoms with Gasteiger partial charge in [0.1, 0.15) is 28.6 Å². The van der Waals surface area contributed by atoms with Gasteiger partial charge in [-0.2, -0.15) is 5.10 Å². The molecule has 0 fully saturated rings. The lowest BCUT2D eigenvalue weighted by atomic mass is 9.77. The van der Waals surface area contributed by atoms with Gasteiger partial charge in [-0.25, -0.2) is 14.4 Å². The van der Waals surface area contributed by atoms with E-state index in [4.69, 9.17) is 22.4 Å². The summed E-state index contributed by atoms with van der Waals surface area (Å²) in [5, 5.41) is 17.6. The van der Waals surface area contributed by atoms with Gasteiger partial charge < -0.3 is 16.2 Å². The first-order valence-electron chi connectivity index (χ1n) is 12.7. The van der Waals surface area contributed by atoms with Gasteiger partial charge in [0.15, 0.2) is 5.82 Å². The highest BCUT2D eigenvalue weighted by Gasteiger charge is 2.47. The number of rotatable bonds is 7. The zero-order valence-electron chi connectivity index (χ0n) is 21.7. The average Bonchev–Trinajstić information content (AvgIpc) is 3.43. The molecule has 1 amide bonds. The number of carboxylic acids is 1. The Morgan fingerprint density at radius 3 is 2.68 bits per heavy atom. The smallest absolute Gasteiger partial charge is 0.303 e. The molecular weight excluding hydrogens is 549 g/mol. The van der Waals surface area contributed by atoms with Crippen LogP contribution in [0.15, 0.2) is 60.8 Å². The van der Waals surface area contributed by atoms with Crippen LogP contribution >= 0.6 is 11.6 Å². The number of carboxylic acid groups (broad SMARTS) is 1. The van der Waals surface area contributed by atoms with Gasteiger partial charge in [-0.15, -0.1) is 0 Å². The van der Waals surface area contributed by atoms with Crippen molar-refractivity contribution in [2.75, 3.05) is 11.1 Å². The SMILES string of the molecule is CC1(c2ccc(CCC(=O)O)cc2)C(=O)Nc2nc(-c3nn(Cc4ncccc4F)c4cc(Cl)ccc34)nc(N)c21. The molecule has 0 saturated carbocycles. The lowest BCUT2D eigenvalue weighted by Gasteiger charge is -2.23. The monoisotopic (exact) mass is 571 g/mol. The summed E-state index contributed by atoms with van der Waals surface area (Å²) in [5.74, 6) is -1.11. The molecule has 206 valence electrons. The Balaban J connectivity index is 1.41. The number of anilines is 2. The first-order valence-corrected chi connectivity index (χ1v) is 13.1. The van der Waals surface area contributed by atoms with Crippen molar-refractivity contribution in [3.8, 4) is 11.5 Å². The maximum atomic E-state index is 14.4. The normalized spacial score (nSPS) is 16.1. The average molecular weight is 572 g/mol. The number of nitrogens with zero attached hydrogens (tertiary/aromatic N) is 5.